The maximum atomic E-state index is 13.4. The van der Waals surface area contributed by atoms with Crippen molar-refractivity contribution in [1.82, 2.24) is 0 Å². The zero-order chi connectivity index (χ0) is 11.6. The number of benzene rings is 1. The average Bonchev–Trinajstić information content (AvgIpc) is 2.13. The highest BCUT2D eigenvalue weighted by molar-refractivity contribution is 5.96. The summed E-state index contributed by atoms with van der Waals surface area (Å²) in [7, 11) is 0. The van der Waals surface area contributed by atoms with Crippen LogP contribution in [0.2, 0.25) is 0 Å². The first-order valence-corrected chi connectivity index (χ1v) is 4.91. The summed E-state index contributed by atoms with van der Waals surface area (Å²) in [5.74, 6) is -2.16. The SMILES string of the molecule is Cc1ccc(C(=O)CC(C)C)c(F)c1F. The lowest BCUT2D eigenvalue weighted by Crippen LogP contribution is -2.08. The number of hydrogen-bond donors (Lipinski definition) is 0. The van der Waals surface area contributed by atoms with Gasteiger partial charge < -0.3 is 0 Å². The molecule has 0 saturated heterocycles. The summed E-state index contributed by atoms with van der Waals surface area (Å²) >= 11 is 0. The third-order valence-corrected chi connectivity index (χ3v) is 2.17. The molecule has 0 unspecified atom stereocenters. The van der Waals surface area contributed by atoms with Crippen molar-refractivity contribution in [2.75, 3.05) is 0 Å². The van der Waals surface area contributed by atoms with Crippen molar-refractivity contribution in [2.24, 2.45) is 5.92 Å². The molecule has 15 heavy (non-hydrogen) atoms. The van der Waals surface area contributed by atoms with Gasteiger partial charge in [-0.25, -0.2) is 8.78 Å². The zero-order valence-corrected chi connectivity index (χ0v) is 9.10. The molecule has 3 heteroatoms. The van der Waals surface area contributed by atoms with Gasteiger partial charge in [0.05, 0.1) is 5.56 Å². The normalized spacial score (nSPS) is 10.8. The van der Waals surface area contributed by atoms with Crippen LogP contribution in [-0.4, -0.2) is 5.78 Å². The third kappa shape index (κ3) is 2.61. The van der Waals surface area contributed by atoms with Gasteiger partial charge in [-0.1, -0.05) is 19.9 Å². The standard InChI is InChI=1S/C12H14F2O/c1-7(2)6-10(15)9-5-4-8(3)11(13)12(9)14/h4-5,7H,6H2,1-3H3. The fourth-order valence-electron chi connectivity index (χ4n) is 1.34. The van der Waals surface area contributed by atoms with Gasteiger partial charge >= 0.3 is 0 Å². The van der Waals surface area contributed by atoms with E-state index in [1.165, 1.54) is 19.1 Å². The van der Waals surface area contributed by atoms with Gasteiger partial charge in [0.1, 0.15) is 0 Å². The lowest BCUT2D eigenvalue weighted by Gasteiger charge is -2.06. The number of rotatable bonds is 3. The van der Waals surface area contributed by atoms with Gasteiger partial charge in [-0.05, 0) is 24.5 Å². The van der Waals surface area contributed by atoms with Gasteiger partial charge in [0.2, 0.25) is 0 Å². The lowest BCUT2D eigenvalue weighted by atomic mass is 9.99. The van der Waals surface area contributed by atoms with E-state index in [2.05, 4.69) is 0 Å². The molecule has 0 fully saturated rings. The first-order chi connectivity index (χ1) is 6.93. The topological polar surface area (TPSA) is 17.1 Å². The van der Waals surface area contributed by atoms with Crippen molar-refractivity contribution in [3.8, 4) is 0 Å². The maximum Gasteiger partial charge on any atom is 0.169 e. The molecule has 0 amide bonds. The minimum atomic E-state index is -1.03. The predicted octanol–water partition coefficient (Wildman–Crippen LogP) is 3.50. The summed E-state index contributed by atoms with van der Waals surface area (Å²) in [6, 6.07) is 2.77. The van der Waals surface area contributed by atoms with Crippen LogP contribution in [0.5, 0.6) is 0 Å². The van der Waals surface area contributed by atoms with Crippen molar-refractivity contribution in [1.29, 1.82) is 0 Å². The fraction of sp³-hybridized carbons (Fsp3) is 0.417. The highest BCUT2D eigenvalue weighted by Crippen LogP contribution is 2.18. The number of carbonyl (C=O) groups excluding carboxylic acids is 1. The molecule has 0 saturated carbocycles. The van der Waals surface area contributed by atoms with Gasteiger partial charge in [-0.3, -0.25) is 4.79 Å². The van der Waals surface area contributed by atoms with Crippen LogP contribution in [-0.2, 0) is 0 Å². The van der Waals surface area contributed by atoms with E-state index in [-0.39, 0.29) is 29.2 Å². The molecular weight excluding hydrogens is 198 g/mol. The van der Waals surface area contributed by atoms with E-state index in [1.54, 1.807) is 0 Å². The van der Waals surface area contributed by atoms with E-state index in [0.29, 0.717) is 0 Å². The van der Waals surface area contributed by atoms with Crippen LogP contribution in [0.15, 0.2) is 12.1 Å². The Bertz CT molecular complexity index is 383. The van der Waals surface area contributed by atoms with E-state index < -0.39 is 11.6 Å². The van der Waals surface area contributed by atoms with Gasteiger partial charge in [0.15, 0.2) is 17.4 Å². The molecule has 1 rings (SSSR count). The van der Waals surface area contributed by atoms with E-state index in [9.17, 15) is 13.6 Å². The van der Waals surface area contributed by atoms with Crippen LogP contribution in [0.1, 0.15) is 36.2 Å². The minimum absolute atomic E-state index is 0.140. The molecule has 82 valence electrons. The van der Waals surface area contributed by atoms with E-state index >= 15 is 0 Å². The van der Waals surface area contributed by atoms with Crippen LogP contribution >= 0.6 is 0 Å². The Hall–Kier alpha value is -1.25. The Morgan fingerprint density at radius 3 is 2.40 bits per heavy atom. The number of Topliss-reactive ketones (excluding diaryl/α,β-unsaturated/α-hetero) is 1. The van der Waals surface area contributed by atoms with Crippen LogP contribution < -0.4 is 0 Å². The smallest absolute Gasteiger partial charge is 0.169 e. The molecule has 0 spiro atoms. The van der Waals surface area contributed by atoms with Crippen LogP contribution in [0.4, 0.5) is 8.78 Å². The van der Waals surface area contributed by atoms with Gasteiger partial charge in [-0.2, -0.15) is 0 Å². The summed E-state index contributed by atoms with van der Waals surface area (Å²) in [6.07, 6.45) is 0.236. The number of carbonyl (C=O) groups is 1. The molecule has 1 aromatic rings. The van der Waals surface area contributed by atoms with E-state index in [0.717, 1.165) is 0 Å². The summed E-state index contributed by atoms with van der Waals surface area (Å²) in [5.41, 5.74) is 0.0698. The molecule has 0 radical (unpaired) electrons. The second-order valence-electron chi connectivity index (χ2n) is 4.08. The Morgan fingerprint density at radius 1 is 1.27 bits per heavy atom. The second-order valence-corrected chi connectivity index (χ2v) is 4.08. The molecule has 0 aliphatic carbocycles. The second kappa shape index (κ2) is 4.51. The zero-order valence-electron chi connectivity index (χ0n) is 9.10. The lowest BCUT2D eigenvalue weighted by molar-refractivity contribution is 0.0963. The molecule has 0 atom stereocenters. The van der Waals surface area contributed by atoms with Crippen molar-refractivity contribution < 1.29 is 13.6 Å². The molecular formula is C12H14F2O. The Balaban J connectivity index is 3.06. The molecule has 0 bridgehead atoms. The Morgan fingerprint density at radius 2 is 1.87 bits per heavy atom. The van der Waals surface area contributed by atoms with Crippen molar-refractivity contribution in [3.05, 3.63) is 34.9 Å². The largest absolute Gasteiger partial charge is 0.294 e. The van der Waals surface area contributed by atoms with Crippen LogP contribution in [0.3, 0.4) is 0 Å². The van der Waals surface area contributed by atoms with E-state index in [1.807, 2.05) is 13.8 Å². The molecule has 0 aliphatic rings. The molecule has 0 N–H and O–H groups in total. The van der Waals surface area contributed by atoms with Gasteiger partial charge in [-0.15, -0.1) is 0 Å². The predicted molar refractivity (Wildman–Crippen MR) is 54.9 cm³/mol. The average molecular weight is 212 g/mol. The third-order valence-electron chi connectivity index (χ3n) is 2.17. The van der Waals surface area contributed by atoms with Crippen molar-refractivity contribution in [2.45, 2.75) is 27.2 Å². The fourth-order valence-corrected chi connectivity index (χ4v) is 1.34. The summed E-state index contributed by atoms with van der Waals surface area (Å²) in [5, 5.41) is 0. The molecule has 1 aromatic carbocycles. The van der Waals surface area contributed by atoms with Gasteiger partial charge in [0, 0.05) is 6.42 Å². The Kier molecular flexibility index (Phi) is 3.56. The first kappa shape index (κ1) is 11.8. The van der Waals surface area contributed by atoms with Crippen LogP contribution in [0, 0.1) is 24.5 Å². The summed E-state index contributed by atoms with van der Waals surface area (Å²) in [6.45, 7) is 5.19. The van der Waals surface area contributed by atoms with Crippen molar-refractivity contribution in [3.63, 3.8) is 0 Å². The van der Waals surface area contributed by atoms with Crippen LogP contribution in [0.25, 0.3) is 0 Å². The highest BCUT2D eigenvalue weighted by Gasteiger charge is 2.17. The number of hydrogen-bond acceptors (Lipinski definition) is 1. The van der Waals surface area contributed by atoms with Gasteiger partial charge in [0.25, 0.3) is 0 Å². The Labute approximate surface area is 88.1 Å². The monoisotopic (exact) mass is 212 g/mol. The first-order valence-electron chi connectivity index (χ1n) is 4.91. The summed E-state index contributed by atoms with van der Waals surface area (Å²) in [4.78, 5) is 11.5. The molecule has 0 aliphatic heterocycles. The molecule has 1 nitrogen and oxygen atoms in total. The minimum Gasteiger partial charge on any atom is -0.294 e. The number of aryl methyl sites for hydroxylation is 1. The quantitative estimate of drug-likeness (QED) is 0.701. The molecule has 0 aromatic heterocycles. The molecule has 0 heterocycles. The van der Waals surface area contributed by atoms with Crippen molar-refractivity contribution >= 4 is 5.78 Å². The number of ketones is 1. The van der Waals surface area contributed by atoms with E-state index in [4.69, 9.17) is 0 Å². The maximum absolute atomic E-state index is 13.4. The number of halogens is 2. The highest BCUT2D eigenvalue weighted by atomic mass is 19.2. The summed E-state index contributed by atoms with van der Waals surface area (Å²) < 4.78 is 26.5.